The van der Waals surface area contributed by atoms with Crippen molar-refractivity contribution in [2.45, 2.75) is 65.1 Å². The van der Waals surface area contributed by atoms with E-state index in [-0.39, 0.29) is 5.54 Å². The van der Waals surface area contributed by atoms with Crippen LogP contribution in [0.25, 0.3) is 0 Å². The molecule has 0 aliphatic carbocycles. The topological polar surface area (TPSA) is 18.5 Å². The van der Waals surface area contributed by atoms with E-state index in [0.717, 1.165) is 24.5 Å². The fraction of sp³-hybridized carbons (Fsp3) is 1.00. The summed E-state index contributed by atoms with van der Waals surface area (Å²) in [6.07, 6.45) is 2.82. The molecule has 0 saturated carbocycles. The molecule has 2 fully saturated rings. The van der Waals surface area contributed by atoms with Crippen LogP contribution < -0.4 is 5.32 Å². The van der Waals surface area contributed by atoms with E-state index in [1.807, 2.05) is 0 Å². The summed E-state index contributed by atoms with van der Waals surface area (Å²) < 4.78 is 0. The van der Waals surface area contributed by atoms with Gasteiger partial charge in [0.1, 0.15) is 0 Å². The molecule has 0 bridgehead atoms. The van der Waals surface area contributed by atoms with Crippen molar-refractivity contribution in [1.29, 1.82) is 0 Å². The van der Waals surface area contributed by atoms with E-state index >= 15 is 0 Å². The zero-order valence-corrected chi connectivity index (χ0v) is 13.6. The first-order valence-corrected chi connectivity index (χ1v) is 8.08. The molecule has 0 aromatic carbocycles. The molecule has 112 valence electrons. The molecule has 0 radical (unpaired) electrons. The van der Waals surface area contributed by atoms with Crippen LogP contribution >= 0.6 is 0 Å². The number of nitrogens with zero attached hydrogens (tertiary/aromatic N) is 2. The van der Waals surface area contributed by atoms with Crippen LogP contribution in [0.2, 0.25) is 0 Å². The Balaban J connectivity index is 1.78. The summed E-state index contributed by atoms with van der Waals surface area (Å²) in [6, 6.07) is 1.57. The lowest BCUT2D eigenvalue weighted by Gasteiger charge is -2.43. The Labute approximate surface area is 119 Å². The first kappa shape index (κ1) is 15.3. The molecule has 19 heavy (non-hydrogen) atoms. The van der Waals surface area contributed by atoms with Crippen LogP contribution in [-0.2, 0) is 0 Å². The predicted octanol–water partition coefficient (Wildman–Crippen LogP) is 2.18. The number of hydrogen-bond acceptors (Lipinski definition) is 3. The third-order valence-electron chi connectivity index (χ3n) is 4.59. The normalized spacial score (nSPS) is 31.4. The largest absolute Gasteiger partial charge is 0.312 e. The molecule has 0 aromatic rings. The van der Waals surface area contributed by atoms with Crippen LogP contribution in [0, 0.1) is 5.92 Å². The molecule has 0 spiro atoms. The molecule has 2 aliphatic rings. The highest BCUT2D eigenvalue weighted by Crippen LogP contribution is 2.25. The van der Waals surface area contributed by atoms with Gasteiger partial charge in [-0.25, -0.2) is 0 Å². The second-order valence-corrected chi connectivity index (χ2v) is 7.83. The van der Waals surface area contributed by atoms with Gasteiger partial charge in [-0.3, -0.25) is 9.80 Å². The number of nitrogens with one attached hydrogen (secondary N) is 1. The fourth-order valence-corrected chi connectivity index (χ4v) is 3.45. The van der Waals surface area contributed by atoms with Crippen molar-refractivity contribution in [1.82, 2.24) is 15.1 Å². The lowest BCUT2D eigenvalue weighted by molar-refractivity contribution is 0.0492. The maximum absolute atomic E-state index is 3.64. The molecule has 2 aliphatic heterocycles. The van der Waals surface area contributed by atoms with Crippen molar-refractivity contribution < 1.29 is 0 Å². The summed E-state index contributed by atoms with van der Waals surface area (Å²) in [4.78, 5) is 5.43. The van der Waals surface area contributed by atoms with Crippen LogP contribution in [0.3, 0.4) is 0 Å². The molecular weight excluding hydrogens is 234 g/mol. The lowest BCUT2D eigenvalue weighted by atomic mass is 10.0. The van der Waals surface area contributed by atoms with Crippen molar-refractivity contribution in [3.63, 3.8) is 0 Å². The maximum atomic E-state index is 3.64. The molecule has 3 unspecified atom stereocenters. The van der Waals surface area contributed by atoms with E-state index < -0.39 is 0 Å². The smallest absolute Gasteiger partial charge is 0.0224 e. The summed E-state index contributed by atoms with van der Waals surface area (Å²) in [5, 5.41) is 3.64. The molecule has 3 heteroatoms. The quantitative estimate of drug-likeness (QED) is 0.842. The molecule has 1 N–H and O–H groups in total. The number of hydrogen-bond donors (Lipinski definition) is 1. The summed E-state index contributed by atoms with van der Waals surface area (Å²) >= 11 is 0. The summed E-state index contributed by atoms with van der Waals surface area (Å²) in [5.74, 6) is 0.731. The Bertz CT molecular complexity index is 284. The van der Waals surface area contributed by atoms with Gasteiger partial charge >= 0.3 is 0 Å². The molecule has 2 saturated heterocycles. The van der Waals surface area contributed by atoms with E-state index in [2.05, 4.69) is 49.7 Å². The predicted molar refractivity (Wildman–Crippen MR) is 82.5 cm³/mol. The molecule has 0 amide bonds. The van der Waals surface area contributed by atoms with Gasteiger partial charge in [0.05, 0.1) is 0 Å². The highest BCUT2D eigenvalue weighted by molar-refractivity contribution is 4.91. The minimum atomic E-state index is 0.240. The van der Waals surface area contributed by atoms with Gasteiger partial charge in [0, 0.05) is 37.3 Å². The minimum absolute atomic E-state index is 0.240. The van der Waals surface area contributed by atoms with Crippen molar-refractivity contribution in [3.05, 3.63) is 0 Å². The van der Waals surface area contributed by atoms with Crippen LogP contribution in [0.5, 0.6) is 0 Å². The highest BCUT2D eigenvalue weighted by atomic mass is 15.3. The molecule has 0 aromatic heterocycles. The van der Waals surface area contributed by atoms with Gasteiger partial charge in [-0.2, -0.15) is 0 Å². The first-order valence-electron chi connectivity index (χ1n) is 8.08. The van der Waals surface area contributed by atoms with Gasteiger partial charge in [-0.15, -0.1) is 0 Å². The Hall–Kier alpha value is -0.120. The van der Waals surface area contributed by atoms with Gasteiger partial charge in [0.25, 0.3) is 0 Å². The zero-order valence-electron chi connectivity index (χ0n) is 13.6. The van der Waals surface area contributed by atoms with Gasteiger partial charge in [0.15, 0.2) is 0 Å². The monoisotopic (exact) mass is 267 g/mol. The van der Waals surface area contributed by atoms with Crippen LogP contribution in [0.1, 0.15) is 47.5 Å². The van der Waals surface area contributed by atoms with Gasteiger partial charge in [-0.05, 0) is 59.5 Å². The Morgan fingerprint density at radius 2 is 2.00 bits per heavy atom. The Kier molecular flexibility index (Phi) is 4.91. The first-order chi connectivity index (χ1) is 8.85. The van der Waals surface area contributed by atoms with Crippen LogP contribution in [0.4, 0.5) is 0 Å². The zero-order chi connectivity index (χ0) is 14.0. The fourth-order valence-electron chi connectivity index (χ4n) is 3.45. The van der Waals surface area contributed by atoms with Gasteiger partial charge in [-0.1, -0.05) is 6.92 Å². The molecule has 2 heterocycles. The van der Waals surface area contributed by atoms with E-state index in [4.69, 9.17) is 0 Å². The number of fused-ring (bicyclic) bond motifs is 1. The molecule has 3 atom stereocenters. The Morgan fingerprint density at radius 3 is 2.68 bits per heavy atom. The van der Waals surface area contributed by atoms with E-state index in [9.17, 15) is 0 Å². The van der Waals surface area contributed by atoms with Gasteiger partial charge < -0.3 is 5.32 Å². The van der Waals surface area contributed by atoms with Crippen LogP contribution in [-0.4, -0.2) is 60.1 Å². The van der Waals surface area contributed by atoms with Crippen molar-refractivity contribution >= 4 is 0 Å². The Morgan fingerprint density at radius 1 is 1.26 bits per heavy atom. The van der Waals surface area contributed by atoms with E-state index in [1.54, 1.807) is 0 Å². The minimum Gasteiger partial charge on any atom is -0.312 e. The highest BCUT2D eigenvalue weighted by Gasteiger charge is 2.34. The SMILES string of the molecule is CC(CNC(C)(C)C)CN1CC2CCCN2CC1C. The third kappa shape index (κ3) is 4.44. The maximum Gasteiger partial charge on any atom is 0.0224 e. The van der Waals surface area contributed by atoms with Crippen molar-refractivity contribution in [3.8, 4) is 0 Å². The number of rotatable bonds is 4. The van der Waals surface area contributed by atoms with Crippen molar-refractivity contribution in [2.75, 3.05) is 32.7 Å². The average molecular weight is 267 g/mol. The number of piperazine rings is 1. The van der Waals surface area contributed by atoms with E-state index in [1.165, 1.54) is 39.0 Å². The second kappa shape index (κ2) is 6.11. The molecular formula is C16H33N3. The standard InChI is InChI=1S/C16H33N3/c1-13(9-17-16(3,4)5)10-19-12-15-7-6-8-18(15)11-14(19)2/h13-15,17H,6-12H2,1-5H3. The molecule has 2 rings (SSSR count). The third-order valence-corrected chi connectivity index (χ3v) is 4.59. The average Bonchev–Trinajstić information content (AvgIpc) is 2.73. The summed E-state index contributed by atoms with van der Waals surface area (Å²) in [7, 11) is 0. The second-order valence-electron chi connectivity index (χ2n) is 7.83. The summed E-state index contributed by atoms with van der Waals surface area (Å²) in [5.41, 5.74) is 0.240. The molecule has 3 nitrogen and oxygen atoms in total. The lowest BCUT2D eigenvalue weighted by Crippen LogP contribution is -2.56. The summed E-state index contributed by atoms with van der Waals surface area (Å²) in [6.45, 7) is 17.8. The van der Waals surface area contributed by atoms with Crippen LogP contribution in [0.15, 0.2) is 0 Å². The van der Waals surface area contributed by atoms with Gasteiger partial charge in [0.2, 0.25) is 0 Å². The van der Waals surface area contributed by atoms with Crippen molar-refractivity contribution in [2.24, 2.45) is 5.92 Å². The van der Waals surface area contributed by atoms with E-state index in [0.29, 0.717) is 0 Å².